The minimum Gasteiger partial charge on any atom is -0.462 e. The molecule has 2 unspecified atom stereocenters. The number of hydrogen-bond donors (Lipinski definition) is 0. The third kappa shape index (κ3) is 7.91. The Labute approximate surface area is 236 Å². The van der Waals surface area contributed by atoms with Crippen LogP contribution in [-0.4, -0.2) is 50.1 Å². The minimum absolute atomic E-state index is 0.121. The molecule has 0 aromatic carbocycles. The van der Waals surface area contributed by atoms with Crippen molar-refractivity contribution in [2.45, 2.75) is 155 Å². The molecule has 36 heavy (non-hydrogen) atoms. The van der Waals surface area contributed by atoms with Gasteiger partial charge >= 0.3 is 5.97 Å². The molecule has 1 heterocycles. The molecule has 0 saturated carbocycles. The lowest BCUT2D eigenvalue weighted by Gasteiger charge is -2.61. The van der Waals surface area contributed by atoms with Gasteiger partial charge in [-0.3, -0.25) is 14.5 Å². The van der Waals surface area contributed by atoms with Crippen LogP contribution in [0.3, 0.4) is 0 Å². The number of ether oxygens (including phenoxy) is 2. The SMILES string of the molecule is CCC(C)(C)C(=O)C(C)(C)CC(C)(C)C(=O)OC1CC(C)(C)N(C(C)(C)CC(C)(C)OC)C(C)(I)C1. The molecule has 0 aliphatic carbocycles. The van der Waals surface area contributed by atoms with Gasteiger partial charge < -0.3 is 9.47 Å². The Bertz CT molecular complexity index is 790. The standard InChI is InChI=1S/C30H56INO4/c1-16-24(2,3)22(33)25(4,5)19-26(6,7)23(34)36-21-17-27(8,9)32(30(14,31)18-21)28(10,11)20-29(12,13)35-15/h21H,16-20H2,1-15H3. The fraction of sp³-hybridized carbons (Fsp3) is 0.933. The highest BCUT2D eigenvalue weighted by molar-refractivity contribution is 14.1. The van der Waals surface area contributed by atoms with Crippen molar-refractivity contribution in [3.05, 3.63) is 0 Å². The van der Waals surface area contributed by atoms with Crippen molar-refractivity contribution in [2.75, 3.05) is 7.11 Å². The van der Waals surface area contributed by atoms with Crippen molar-refractivity contribution in [2.24, 2.45) is 16.2 Å². The van der Waals surface area contributed by atoms with Gasteiger partial charge in [0, 0.05) is 41.9 Å². The molecular formula is C30H56INO4. The Hall–Kier alpha value is -0.210. The number of likely N-dealkylation sites (tertiary alicyclic amines) is 1. The molecule has 1 aliphatic heterocycles. The zero-order chi connectivity index (χ0) is 28.8. The van der Waals surface area contributed by atoms with E-state index in [9.17, 15) is 9.59 Å². The second-order valence-corrected chi connectivity index (χ2v) is 17.5. The van der Waals surface area contributed by atoms with Crippen LogP contribution in [0.4, 0.5) is 0 Å². The second-order valence-electron chi connectivity index (χ2n) is 15.2. The molecule has 0 aromatic rings. The lowest BCUT2D eigenvalue weighted by atomic mass is 9.66. The van der Waals surface area contributed by atoms with Crippen LogP contribution < -0.4 is 0 Å². The average Bonchev–Trinajstić information content (AvgIpc) is 2.62. The van der Waals surface area contributed by atoms with Crippen LogP contribution in [0.25, 0.3) is 0 Å². The number of Topliss-reactive ketones (excluding diaryl/α,β-unsaturated/α-hetero) is 1. The lowest BCUT2D eigenvalue weighted by Crippen LogP contribution is -2.68. The summed E-state index contributed by atoms with van der Waals surface area (Å²) in [6.45, 7) is 29.4. The molecule has 212 valence electrons. The van der Waals surface area contributed by atoms with Crippen LogP contribution in [0.2, 0.25) is 0 Å². The predicted octanol–water partition coefficient (Wildman–Crippen LogP) is 7.97. The third-order valence-electron chi connectivity index (χ3n) is 8.24. The molecule has 0 N–H and O–H groups in total. The normalized spacial score (nSPS) is 24.5. The zero-order valence-electron chi connectivity index (χ0n) is 26.1. The minimum atomic E-state index is -0.756. The van der Waals surface area contributed by atoms with Crippen LogP contribution in [-0.2, 0) is 19.1 Å². The Balaban J connectivity index is 3.10. The maximum atomic E-state index is 13.5. The highest BCUT2D eigenvalue weighted by Crippen LogP contribution is 2.50. The second kappa shape index (κ2) is 10.7. The quantitative estimate of drug-likeness (QED) is 0.101. The Morgan fingerprint density at radius 1 is 0.861 bits per heavy atom. The van der Waals surface area contributed by atoms with E-state index < -0.39 is 16.2 Å². The van der Waals surface area contributed by atoms with E-state index in [1.54, 1.807) is 7.11 Å². The number of nitrogens with zero attached hydrogens (tertiary/aromatic N) is 1. The summed E-state index contributed by atoms with van der Waals surface area (Å²) in [5.74, 6) is -0.00669. The predicted molar refractivity (Wildman–Crippen MR) is 158 cm³/mol. The van der Waals surface area contributed by atoms with Crippen molar-refractivity contribution in [1.82, 2.24) is 4.90 Å². The highest BCUT2D eigenvalue weighted by Gasteiger charge is 2.54. The largest absolute Gasteiger partial charge is 0.462 e. The molecular weight excluding hydrogens is 565 g/mol. The molecule has 1 saturated heterocycles. The maximum absolute atomic E-state index is 13.5. The van der Waals surface area contributed by atoms with Gasteiger partial charge in [0.1, 0.15) is 11.9 Å². The lowest BCUT2D eigenvalue weighted by molar-refractivity contribution is -0.174. The van der Waals surface area contributed by atoms with Crippen LogP contribution in [0.15, 0.2) is 0 Å². The third-order valence-corrected chi connectivity index (χ3v) is 9.16. The Morgan fingerprint density at radius 3 is 1.78 bits per heavy atom. The summed E-state index contributed by atoms with van der Waals surface area (Å²) in [7, 11) is 1.77. The first-order valence-electron chi connectivity index (χ1n) is 13.6. The molecule has 0 spiro atoms. The first-order valence-corrected chi connectivity index (χ1v) is 14.6. The molecule has 2 atom stereocenters. The average molecular weight is 622 g/mol. The van der Waals surface area contributed by atoms with Crippen molar-refractivity contribution in [3.8, 4) is 0 Å². The molecule has 5 nitrogen and oxygen atoms in total. The number of piperidine rings is 1. The molecule has 1 rings (SSSR count). The Kier molecular flexibility index (Phi) is 10.1. The van der Waals surface area contributed by atoms with Crippen LogP contribution in [0, 0.1) is 16.2 Å². The molecule has 6 heteroatoms. The van der Waals surface area contributed by atoms with E-state index in [0.29, 0.717) is 6.42 Å². The topological polar surface area (TPSA) is 55.8 Å². The number of carbonyl (C=O) groups is 2. The fourth-order valence-corrected chi connectivity index (χ4v) is 9.03. The molecule has 0 radical (unpaired) electrons. The summed E-state index contributed by atoms with van der Waals surface area (Å²) in [5, 5.41) is 0. The summed E-state index contributed by atoms with van der Waals surface area (Å²) in [6.07, 6.45) is 3.45. The first kappa shape index (κ1) is 33.8. The van der Waals surface area contributed by atoms with Gasteiger partial charge in [0.2, 0.25) is 0 Å². The number of ketones is 1. The zero-order valence-corrected chi connectivity index (χ0v) is 28.2. The summed E-state index contributed by atoms with van der Waals surface area (Å²) in [5.41, 5.74) is -2.32. The van der Waals surface area contributed by atoms with Gasteiger partial charge in [0.15, 0.2) is 0 Å². The van der Waals surface area contributed by atoms with Crippen molar-refractivity contribution >= 4 is 34.3 Å². The van der Waals surface area contributed by atoms with Crippen LogP contribution in [0.1, 0.15) is 129 Å². The molecule has 1 aliphatic rings. The fourth-order valence-electron chi connectivity index (χ4n) is 7.23. The first-order chi connectivity index (χ1) is 15.8. The van der Waals surface area contributed by atoms with Crippen molar-refractivity contribution in [1.29, 1.82) is 0 Å². The van der Waals surface area contributed by atoms with E-state index in [4.69, 9.17) is 9.47 Å². The Morgan fingerprint density at radius 2 is 1.36 bits per heavy atom. The van der Waals surface area contributed by atoms with E-state index in [1.807, 2.05) is 48.5 Å². The monoisotopic (exact) mass is 621 g/mol. The molecule has 1 fully saturated rings. The van der Waals surface area contributed by atoms with Gasteiger partial charge in [-0.2, -0.15) is 0 Å². The van der Waals surface area contributed by atoms with E-state index in [1.165, 1.54) is 0 Å². The number of alkyl halides is 1. The van der Waals surface area contributed by atoms with Gasteiger partial charge in [-0.25, -0.2) is 0 Å². The maximum Gasteiger partial charge on any atom is 0.311 e. The van der Waals surface area contributed by atoms with Crippen molar-refractivity contribution in [3.63, 3.8) is 0 Å². The summed E-state index contributed by atoms with van der Waals surface area (Å²) < 4.78 is 11.8. The number of rotatable bonds is 11. The van der Waals surface area contributed by atoms with Gasteiger partial charge in [0.25, 0.3) is 0 Å². The number of carbonyl (C=O) groups excluding carboxylic acids is 2. The molecule has 0 aromatic heterocycles. The van der Waals surface area contributed by atoms with Gasteiger partial charge in [-0.15, -0.1) is 0 Å². The summed E-state index contributed by atoms with van der Waals surface area (Å²) in [6, 6.07) is 0. The summed E-state index contributed by atoms with van der Waals surface area (Å²) in [4.78, 5) is 29.4. The van der Waals surface area contributed by atoms with E-state index in [-0.39, 0.29) is 38.1 Å². The van der Waals surface area contributed by atoms with E-state index >= 15 is 0 Å². The van der Waals surface area contributed by atoms with Crippen LogP contribution >= 0.6 is 22.6 Å². The summed E-state index contributed by atoms with van der Waals surface area (Å²) >= 11 is 2.54. The molecule has 0 amide bonds. The number of methoxy groups -OCH3 is 1. The van der Waals surface area contributed by atoms with E-state index in [0.717, 1.165) is 25.7 Å². The van der Waals surface area contributed by atoms with Gasteiger partial charge in [0.05, 0.1) is 14.6 Å². The van der Waals surface area contributed by atoms with Gasteiger partial charge in [-0.05, 0) is 81.6 Å². The number of hydrogen-bond acceptors (Lipinski definition) is 5. The smallest absolute Gasteiger partial charge is 0.311 e. The van der Waals surface area contributed by atoms with Crippen LogP contribution in [0.5, 0.6) is 0 Å². The van der Waals surface area contributed by atoms with E-state index in [2.05, 4.69) is 76.0 Å². The van der Waals surface area contributed by atoms with Gasteiger partial charge in [-0.1, -0.05) is 57.2 Å². The number of esters is 1. The van der Waals surface area contributed by atoms with Crippen molar-refractivity contribution < 1.29 is 19.1 Å². The molecule has 0 bridgehead atoms. The number of halogens is 1. The highest BCUT2D eigenvalue weighted by atomic mass is 127.